The first-order chi connectivity index (χ1) is 7.81. The van der Waals surface area contributed by atoms with Crippen molar-refractivity contribution in [1.82, 2.24) is 19.9 Å². The van der Waals surface area contributed by atoms with Crippen LogP contribution in [0.1, 0.15) is 6.92 Å². The molecular weight excluding hydrogens is 210 g/mol. The molecule has 0 spiro atoms. The van der Waals surface area contributed by atoms with Crippen LogP contribution in [-0.4, -0.2) is 39.8 Å². The lowest BCUT2D eigenvalue weighted by Crippen LogP contribution is -2.08. The Bertz CT molecular complexity index is 470. The van der Waals surface area contributed by atoms with Gasteiger partial charge in [0, 0.05) is 6.61 Å². The van der Waals surface area contributed by atoms with E-state index < -0.39 is 0 Å². The second kappa shape index (κ2) is 4.75. The molecule has 0 saturated heterocycles. The third kappa shape index (κ3) is 2.19. The van der Waals surface area contributed by atoms with E-state index in [0.29, 0.717) is 36.9 Å². The summed E-state index contributed by atoms with van der Waals surface area (Å²) in [5.74, 6) is 0.547. The van der Waals surface area contributed by atoms with Crippen LogP contribution < -0.4 is 10.5 Å². The van der Waals surface area contributed by atoms with E-state index in [-0.39, 0.29) is 5.95 Å². The lowest BCUT2D eigenvalue weighted by atomic mass is 10.5. The summed E-state index contributed by atoms with van der Waals surface area (Å²) >= 11 is 0. The monoisotopic (exact) mass is 223 g/mol. The van der Waals surface area contributed by atoms with Crippen molar-refractivity contribution in [2.24, 2.45) is 0 Å². The highest BCUT2D eigenvalue weighted by Gasteiger charge is 2.09. The van der Waals surface area contributed by atoms with Crippen molar-refractivity contribution < 1.29 is 9.47 Å². The predicted molar refractivity (Wildman–Crippen MR) is 58.1 cm³/mol. The number of H-pyrrole nitrogens is 1. The number of hydrogen-bond donors (Lipinski definition) is 2. The number of nitrogens with zero attached hydrogens (tertiary/aromatic N) is 3. The molecule has 0 bridgehead atoms. The van der Waals surface area contributed by atoms with Crippen LogP contribution >= 0.6 is 0 Å². The molecule has 0 amide bonds. The molecule has 16 heavy (non-hydrogen) atoms. The SMILES string of the molecule is CCOCCOc1nc(N)nc2nc[nH]c12. The zero-order valence-electron chi connectivity index (χ0n) is 8.93. The topological polar surface area (TPSA) is 98.9 Å². The van der Waals surface area contributed by atoms with Crippen LogP contribution in [0.25, 0.3) is 11.2 Å². The van der Waals surface area contributed by atoms with Crippen molar-refractivity contribution in [3.8, 4) is 5.88 Å². The van der Waals surface area contributed by atoms with E-state index in [1.807, 2.05) is 6.92 Å². The van der Waals surface area contributed by atoms with Gasteiger partial charge in [0.05, 0.1) is 12.9 Å². The molecule has 0 saturated carbocycles. The molecule has 3 N–H and O–H groups in total. The summed E-state index contributed by atoms with van der Waals surface area (Å²) in [5.41, 5.74) is 6.67. The fourth-order valence-corrected chi connectivity index (χ4v) is 1.27. The fraction of sp³-hybridized carbons (Fsp3) is 0.444. The van der Waals surface area contributed by atoms with Crippen LogP contribution in [0.5, 0.6) is 5.88 Å². The molecule has 2 heterocycles. The Balaban J connectivity index is 2.12. The Labute approximate surface area is 92.0 Å². The Morgan fingerprint density at radius 2 is 2.25 bits per heavy atom. The van der Waals surface area contributed by atoms with Gasteiger partial charge in [0.15, 0.2) is 5.65 Å². The van der Waals surface area contributed by atoms with Gasteiger partial charge in [-0.2, -0.15) is 9.97 Å². The normalized spacial score (nSPS) is 10.8. The van der Waals surface area contributed by atoms with Gasteiger partial charge < -0.3 is 20.2 Å². The van der Waals surface area contributed by atoms with Gasteiger partial charge in [-0.15, -0.1) is 0 Å². The minimum absolute atomic E-state index is 0.144. The van der Waals surface area contributed by atoms with Crippen molar-refractivity contribution >= 4 is 17.1 Å². The molecule has 0 aliphatic heterocycles. The molecule has 0 aromatic carbocycles. The lowest BCUT2D eigenvalue weighted by Gasteiger charge is -2.06. The van der Waals surface area contributed by atoms with Crippen molar-refractivity contribution in [3.05, 3.63) is 6.33 Å². The number of ether oxygens (including phenoxy) is 2. The van der Waals surface area contributed by atoms with Crippen molar-refractivity contribution in [2.45, 2.75) is 6.92 Å². The van der Waals surface area contributed by atoms with E-state index in [0.717, 1.165) is 0 Å². The summed E-state index contributed by atoms with van der Waals surface area (Å²) in [5, 5.41) is 0. The maximum absolute atomic E-state index is 5.53. The smallest absolute Gasteiger partial charge is 0.245 e. The fourth-order valence-electron chi connectivity index (χ4n) is 1.27. The van der Waals surface area contributed by atoms with Gasteiger partial charge in [0.1, 0.15) is 12.1 Å². The van der Waals surface area contributed by atoms with E-state index in [1.54, 1.807) is 0 Å². The molecule has 0 atom stereocenters. The molecule has 2 rings (SSSR count). The van der Waals surface area contributed by atoms with E-state index in [2.05, 4.69) is 19.9 Å². The molecule has 7 nitrogen and oxygen atoms in total. The zero-order valence-corrected chi connectivity index (χ0v) is 8.93. The summed E-state index contributed by atoms with van der Waals surface area (Å²) in [4.78, 5) is 14.8. The highest BCUT2D eigenvalue weighted by molar-refractivity contribution is 5.76. The second-order valence-electron chi connectivity index (χ2n) is 3.03. The first-order valence-corrected chi connectivity index (χ1v) is 4.98. The lowest BCUT2D eigenvalue weighted by molar-refractivity contribution is 0.109. The zero-order chi connectivity index (χ0) is 11.4. The average Bonchev–Trinajstić information content (AvgIpc) is 2.72. The number of aromatic amines is 1. The van der Waals surface area contributed by atoms with Crippen LogP contribution in [0.3, 0.4) is 0 Å². The quantitative estimate of drug-likeness (QED) is 0.709. The third-order valence-electron chi connectivity index (χ3n) is 1.94. The second-order valence-corrected chi connectivity index (χ2v) is 3.03. The van der Waals surface area contributed by atoms with Crippen LogP contribution in [0, 0.1) is 0 Å². The summed E-state index contributed by atoms with van der Waals surface area (Å²) in [7, 11) is 0. The molecule has 2 aromatic rings. The Hall–Kier alpha value is -1.89. The van der Waals surface area contributed by atoms with Gasteiger partial charge in [-0.25, -0.2) is 4.98 Å². The minimum Gasteiger partial charge on any atom is -0.474 e. The Morgan fingerprint density at radius 3 is 3.06 bits per heavy atom. The first kappa shape index (κ1) is 10.6. The summed E-state index contributed by atoms with van der Waals surface area (Å²) < 4.78 is 10.6. The highest BCUT2D eigenvalue weighted by Crippen LogP contribution is 2.19. The molecule has 0 unspecified atom stereocenters. The van der Waals surface area contributed by atoms with Crippen LogP contribution in [0.4, 0.5) is 5.95 Å². The average molecular weight is 223 g/mol. The van der Waals surface area contributed by atoms with E-state index in [4.69, 9.17) is 15.2 Å². The highest BCUT2D eigenvalue weighted by atomic mass is 16.5. The number of anilines is 1. The molecule has 7 heteroatoms. The van der Waals surface area contributed by atoms with Gasteiger partial charge in [0.25, 0.3) is 0 Å². The van der Waals surface area contributed by atoms with E-state index >= 15 is 0 Å². The van der Waals surface area contributed by atoms with E-state index in [9.17, 15) is 0 Å². The van der Waals surface area contributed by atoms with Crippen LogP contribution in [0.15, 0.2) is 6.33 Å². The van der Waals surface area contributed by atoms with Gasteiger partial charge in [-0.3, -0.25) is 0 Å². The van der Waals surface area contributed by atoms with Gasteiger partial charge in [-0.1, -0.05) is 0 Å². The molecular formula is C9H13N5O2. The van der Waals surface area contributed by atoms with E-state index in [1.165, 1.54) is 6.33 Å². The molecule has 0 radical (unpaired) electrons. The number of fused-ring (bicyclic) bond motifs is 1. The molecule has 2 aromatic heterocycles. The maximum atomic E-state index is 5.53. The number of nitrogen functional groups attached to an aromatic ring is 1. The summed E-state index contributed by atoms with van der Waals surface area (Å²) in [6.45, 7) is 3.51. The number of nitrogens with one attached hydrogen (secondary N) is 1. The third-order valence-corrected chi connectivity index (χ3v) is 1.94. The number of hydrogen-bond acceptors (Lipinski definition) is 6. The van der Waals surface area contributed by atoms with Gasteiger partial charge in [0.2, 0.25) is 11.8 Å². The first-order valence-electron chi connectivity index (χ1n) is 4.98. The molecule has 86 valence electrons. The summed E-state index contributed by atoms with van der Waals surface area (Å²) in [6.07, 6.45) is 1.52. The maximum Gasteiger partial charge on any atom is 0.245 e. The van der Waals surface area contributed by atoms with Crippen molar-refractivity contribution in [3.63, 3.8) is 0 Å². The van der Waals surface area contributed by atoms with Crippen LogP contribution in [-0.2, 0) is 4.74 Å². The predicted octanol–water partition coefficient (Wildman–Crippen LogP) is 0.350. The largest absolute Gasteiger partial charge is 0.474 e. The molecule has 0 aliphatic rings. The number of imidazole rings is 1. The van der Waals surface area contributed by atoms with Crippen molar-refractivity contribution in [2.75, 3.05) is 25.6 Å². The minimum atomic E-state index is 0.144. The van der Waals surface area contributed by atoms with Gasteiger partial charge in [-0.05, 0) is 6.92 Å². The number of rotatable bonds is 5. The standard InChI is InChI=1S/C9H13N5O2/c1-2-15-3-4-16-8-6-7(12-5-11-6)13-9(10)14-8/h5H,2-4H2,1H3,(H3,10,11,12,13,14). The Kier molecular flexibility index (Phi) is 3.16. The van der Waals surface area contributed by atoms with Crippen LogP contribution in [0.2, 0.25) is 0 Å². The number of aromatic nitrogens is 4. The van der Waals surface area contributed by atoms with Crippen molar-refractivity contribution in [1.29, 1.82) is 0 Å². The summed E-state index contributed by atoms with van der Waals surface area (Å²) in [6, 6.07) is 0. The number of nitrogens with two attached hydrogens (primary N) is 1. The van der Waals surface area contributed by atoms with Gasteiger partial charge >= 0.3 is 0 Å². The molecule has 0 fully saturated rings. The molecule has 0 aliphatic carbocycles. The Morgan fingerprint density at radius 1 is 1.38 bits per heavy atom.